The van der Waals surface area contributed by atoms with Gasteiger partial charge in [-0.15, -0.1) is 0 Å². The van der Waals surface area contributed by atoms with Crippen molar-refractivity contribution in [2.45, 2.75) is 33.9 Å². The summed E-state index contributed by atoms with van der Waals surface area (Å²) in [5.74, 6) is 1.17. The molecule has 4 rings (SSSR count). The van der Waals surface area contributed by atoms with E-state index in [1.165, 1.54) is 11.1 Å². The zero-order valence-corrected chi connectivity index (χ0v) is 21.0. The first-order valence-electron chi connectivity index (χ1n) is 11.7. The first-order chi connectivity index (χ1) is 16.9. The van der Waals surface area contributed by atoms with E-state index in [-0.39, 0.29) is 5.78 Å². The average molecular weight is 470 g/mol. The van der Waals surface area contributed by atoms with Gasteiger partial charge in [0.2, 0.25) is 5.82 Å². The number of aromatic nitrogens is 2. The fraction of sp³-hybridized carbons (Fsp3) is 0.276. The normalized spacial score (nSPS) is 11.3. The molecule has 3 aromatic carbocycles. The maximum atomic E-state index is 11.4. The number of hydrogen-bond donors (Lipinski definition) is 0. The van der Waals surface area contributed by atoms with Gasteiger partial charge in [0.25, 0.3) is 5.89 Å². The van der Waals surface area contributed by atoms with E-state index in [4.69, 9.17) is 9.26 Å². The molecule has 1 aromatic heterocycles. The molecule has 0 bridgehead atoms. The van der Waals surface area contributed by atoms with Gasteiger partial charge in [-0.3, -0.25) is 9.69 Å². The quantitative estimate of drug-likeness (QED) is 0.306. The van der Waals surface area contributed by atoms with Crippen LogP contribution in [0.3, 0.4) is 0 Å². The van der Waals surface area contributed by atoms with Crippen LogP contribution >= 0.6 is 0 Å². The predicted octanol–water partition coefficient (Wildman–Crippen LogP) is 5.85. The largest absolute Gasteiger partial charge is 0.380 e. The van der Waals surface area contributed by atoms with Crippen molar-refractivity contribution in [3.63, 3.8) is 0 Å². The summed E-state index contributed by atoms with van der Waals surface area (Å²) in [6.07, 6.45) is 0. The van der Waals surface area contributed by atoms with Gasteiger partial charge in [-0.25, -0.2) is 0 Å². The van der Waals surface area contributed by atoms with Gasteiger partial charge in [-0.1, -0.05) is 47.6 Å². The minimum atomic E-state index is 0.154. The molecule has 0 unspecified atom stereocenters. The lowest BCUT2D eigenvalue weighted by atomic mass is 9.94. The molecule has 0 saturated heterocycles. The molecule has 1 heterocycles. The summed E-state index contributed by atoms with van der Waals surface area (Å²) >= 11 is 0. The Labute approximate surface area is 206 Å². The van der Waals surface area contributed by atoms with Gasteiger partial charge in [-0.2, -0.15) is 4.98 Å². The molecule has 0 amide bonds. The summed E-state index contributed by atoms with van der Waals surface area (Å²) in [7, 11) is 3.64. The molecule has 0 fully saturated rings. The van der Waals surface area contributed by atoms with Gasteiger partial charge in [0, 0.05) is 24.8 Å². The smallest absolute Gasteiger partial charge is 0.258 e. The third kappa shape index (κ3) is 5.73. The van der Waals surface area contributed by atoms with Gasteiger partial charge in [0.15, 0.2) is 0 Å². The molecule has 0 spiro atoms. The predicted molar refractivity (Wildman–Crippen MR) is 138 cm³/mol. The number of aryl methyl sites for hydroxylation is 2. The third-order valence-corrected chi connectivity index (χ3v) is 6.05. The molecule has 6 heteroatoms. The number of carbonyl (C=O) groups is 1. The minimum absolute atomic E-state index is 0.154. The lowest BCUT2D eigenvalue weighted by Gasteiger charge is -2.16. The first kappa shape index (κ1) is 24.5. The maximum Gasteiger partial charge on any atom is 0.258 e. The van der Waals surface area contributed by atoms with Crippen molar-refractivity contribution in [1.29, 1.82) is 0 Å². The van der Waals surface area contributed by atoms with Crippen LogP contribution in [-0.2, 0) is 22.7 Å². The van der Waals surface area contributed by atoms with Crippen LogP contribution < -0.4 is 0 Å². The van der Waals surface area contributed by atoms with E-state index in [0.29, 0.717) is 31.4 Å². The summed E-state index contributed by atoms with van der Waals surface area (Å²) in [4.78, 5) is 18.1. The Morgan fingerprint density at radius 2 is 1.71 bits per heavy atom. The first-order valence-corrected chi connectivity index (χ1v) is 11.7. The Kier molecular flexibility index (Phi) is 7.54. The van der Waals surface area contributed by atoms with Crippen LogP contribution in [0.5, 0.6) is 0 Å². The van der Waals surface area contributed by atoms with Crippen molar-refractivity contribution in [2.75, 3.05) is 20.7 Å². The summed E-state index contributed by atoms with van der Waals surface area (Å²) < 4.78 is 11.1. The molecule has 0 aliphatic heterocycles. The summed E-state index contributed by atoms with van der Waals surface area (Å²) in [5.41, 5.74) is 8.62. The second-order valence-corrected chi connectivity index (χ2v) is 9.06. The number of methoxy groups -OCH3 is 1. The highest BCUT2D eigenvalue weighted by atomic mass is 16.5. The van der Waals surface area contributed by atoms with Crippen LogP contribution in [-0.4, -0.2) is 41.5 Å². The zero-order chi connectivity index (χ0) is 24.9. The Morgan fingerprint density at radius 3 is 2.43 bits per heavy atom. The van der Waals surface area contributed by atoms with Crippen molar-refractivity contribution in [2.24, 2.45) is 0 Å². The van der Waals surface area contributed by atoms with Gasteiger partial charge in [0.05, 0.1) is 13.2 Å². The molecule has 180 valence electrons. The van der Waals surface area contributed by atoms with Gasteiger partial charge in [-0.05, 0) is 79.4 Å². The van der Waals surface area contributed by atoms with E-state index in [2.05, 4.69) is 60.4 Å². The monoisotopic (exact) mass is 469 g/mol. The molecule has 0 aliphatic rings. The van der Waals surface area contributed by atoms with E-state index >= 15 is 0 Å². The number of nitrogens with zero attached hydrogens (tertiary/aromatic N) is 3. The van der Waals surface area contributed by atoms with Crippen LogP contribution in [0, 0.1) is 13.8 Å². The lowest BCUT2D eigenvalue weighted by Crippen LogP contribution is -2.24. The van der Waals surface area contributed by atoms with Gasteiger partial charge >= 0.3 is 0 Å². The molecular weight excluding hydrogens is 438 g/mol. The van der Waals surface area contributed by atoms with E-state index in [9.17, 15) is 4.79 Å². The number of ether oxygens (including phenoxy) is 1. The maximum absolute atomic E-state index is 11.4. The van der Waals surface area contributed by atoms with Crippen LogP contribution in [0.15, 0.2) is 65.2 Å². The topological polar surface area (TPSA) is 68.5 Å². The van der Waals surface area contributed by atoms with Crippen molar-refractivity contribution in [3.05, 3.63) is 82.9 Å². The van der Waals surface area contributed by atoms with E-state index < -0.39 is 0 Å². The number of ketones is 1. The van der Waals surface area contributed by atoms with Crippen molar-refractivity contribution in [1.82, 2.24) is 15.0 Å². The standard InChI is InChI=1S/C29H31N3O3/c1-19-8-6-7-9-26(19)27-13-12-23(15-25(27)18-34-5)29-30-28(31-35-29)22-10-11-24(20(2)14-22)17-32(4)16-21(3)33/h6-15H,16-18H2,1-5H3. The Balaban J connectivity index is 1.60. The second-order valence-electron chi connectivity index (χ2n) is 9.06. The molecule has 4 aromatic rings. The third-order valence-electron chi connectivity index (χ3n) is 6.05. The second kappa shape index (κ2) is 10.8. The molecular formula is C29H31N3O3. The molecule has 0 aliphatic carbocycles. The summed E-state index contributed by atoms with van der Waals surface area (Å²) in [6.45, 7) is 7.40. The minimum Gasteiger partial charge on any atom is -0.380 e. The number of hydrogen-bond acceptors (Lipinski definition) is 6. The molecule has 0 radical (unpaired) electrons. The van der Waals surface area contributed by atoms with Crippen LogP contribution in [0.2, 0.25) is 0 Å². The van der Waals surface area contributed by atoms with Crippen molar-refractivity contribution >= 4 is 5.78 Å². The number of benzene rings is 3. The fourth-order valence-corrected chi connectivity index (χ4v) is 4.34. The van der Waals surface area contributed by atoms with Crippen LogP contribution in [0.1, 0.15) is 29.2 Å². The fourth-order valence-electron chi connectivity index (χ4n) is 4.34. The van der Waals surface area contributed by atoms with E-state index in [1.54, 1.807) is 14.0 Å². The van der Waals surface area contributed by atoms with Gasteiger partial charge < -0.3 is 9.26 Å². The highest BCUT2D eigenvalue weighted by molar-refractivity contribution is 5.77. The Morgan fingerprint density at radius 1 is 0.943 bits per heavy atom. The molecule has 35 heavy (non-hydrogen) atoms. The average Bonchev–Trinajstić information content (AvgIpc) is 3.31. The lowest BCUT2D eigenvalue weighted by molar-refractivity contribution is -0.117. The molecule has 6 nitrogen and oxygen atoms in total. The highest BCUT2D eigenvalue weighted by Gasteiger charge is 2.15. The summed E-state index contributed by atoms with van der Waals surface area (Å²) in [5, 5.41) is 4.23. The SMILES string of the molecule is COCc1cc(-c2nc(-c3ccc(CN(C)CC(C)=O)c(C)c3)no2)ccc1-c1ccccc1C. The van der Waals surface area contributed by atoms with Crippen LogP contribution in [0.4, 0.5) is 0 Å². The van der Waals surface area contributed by atoms with Crippen LogP contribution in [0.25, 0.3) is 34.0 Å². The molecule has 0 saturated carbocycles. The van der Waals surface area contributed by atoms with Crippen molar-refractivity contribution in [3.8, 4) is 34.0 Å². The Hall–Kier alpha value is -3.61. The zero-order valence-electron chi connectivity index (χ0n) is 21.0. The Bertz CT molecular complexity index is 1340. The summed E-state index contributed by atoms with van der Waals surface area (Å²) in [6, 6.07) is 20.6. The number of carbonyl (C=O) groups excluding carboxylic acids is 1. The molecule has 0 atom stereocenters. The number of Topliss-reactive ketones (excluding diaryl/α,β-unsaturated/α-hetero) is 1. The number of rotatable bonds is 9. The van der Waals surface area contributed by atoms with Gasteiger partial charge in [0.1, 0.15) is 5.78 Å². The highest BCUT2D eigenvalue weighted by Crippen LogP contribution is 2.32. The van der Waals surface area contributed by atoms with E-state index in [1.807, 2.05) is 36.2 Å². The van der Waals surface area contributed by atoms with E-state index in [0.717, 1.165) is 33.4 Å². The molecule has 0 N–H and O–H groups in total. The number of likely N-dealkylation sites (N-methyl/N-ethyl adjacent to an activating group) is 1. The van der Waals surface area contributed by atoms with Crippen molar-refractivity contribution < 1.29 is 14.1 Å².